The van der Waals surface area contributed by atoms with E-state index in [1.54, 1.807) is 29.8 Å². The topological polar surface area (TPSA) is 83.5 Å². The largest absolute Gasteiger partial charge is 0.390 e. The van der Waals surface area contributed by atoms with Gasteiger partial charge in [0.05, 0.1) is 16.9 Å². The number of anilines is 1. The van der Waals surface area contributed by atoms with Gasteiger partial charge in [-0.2, -0.15) is 5.26 Å². The van der Waals surface area contributed by atoms with E-state index in [1.165, 1.54) is 5.56 Å². The quantitative estimate of drug-likeness (QED) is 0.360. The number of rotatable bonds is 5. The summed E-state index contributed by atoms with van der Waals surface area (Å²) >= 11 is 0. The van der Waals surface area contributed by atoms with Crippen molar-refractivity contribution in [1.29, 1.82) is 5.26 Å². The van der Waals surface area contributed by atoms with Gasteiger partial charge in [-0.25, -0.2) is 4.98 Å². The number of nitriles is 1. The average Bonchev–Trinajstić information content (AvgIpc) is 2.86. The van der Waals surface area contributed by atoms with E-state index in [4.69, 9.17) is 4.84 Å². The molecule has 1 aliphatic carbocycles. The Morgan fingerprint density at radius 2 is 1.86 bits per heavy atom. The lowest BCUT2D eigenvalue weighted by Crippen LogP contribution is -2.38. The molecule has 0 radical (unpaired) electrons. The number of aryl methyl sites for hydroxylation is 2. The lowest BCUT2D eigenvalue weighted by molar-refractivity contribution is -0.0000370. The van der Waals surface area contributed by atoms with Crippen LogP contribution in [-0.2, 0) is 11.9 Å². The SMILES string of the molecule is Cc1ccccc1/C(=N\OC(C)(C)C)[C@H]1CC[C@H](N(C)c2cc(=O)n(C)c3ccc(C#N)nc23)CC1. The van der Waals surface area contributed by atoms with Crippen molar-refractivity contribution >= 4 is 22.4 Å². The predicted octanol–water partition coefficient (Wildman–Crippen LogP) is 5.33. The molecule has 0 bridgehead atoms. The highest BCUT2D eigenvalue weighted by Gasteiger charge is 2.30. The predicted molar refractivity (Wildman–Crippen MR) is 144 cm³/mol. The van der Waals surface area contributed by atoms with Crippen LogP contribution in [0.1, 0.15) is 63.3 Å². The molecule has 4 rings (SSSR count). The van der Waals surface area contributed by atoms with Gasteiger partial charge in [-0.15, -0.1) is 0 Å². The molecule has 0 spiro atoms. The number of nitrogens with zero attached hydrogens (tertiary/aromatic N) is 5. The van der Waals surface area contributed by atoms with E-state index in [9.17, 15) is 10.1 Å². The van der Waals surface area contributed by atoms with Crippen LogP contribution in [0.5, 0.6) is 0 Å². The molecule has 1 aromatic carbocycles. The summed E-state index contributed by atoms with van der Waals surface area (Å²) in [5.41, 5.74) is 5.44. The number of fused-ring (bicyclic) bond motifs is 1. The molecule has 36 heavy (non-hydrogen) atoms. The molecule has 7 heteroatoms. The first-order chi connectivity index (χ1) is 17.1. The van der Waals surface area contributed by atoms with Crippen LogP contribution in [0, 0.1) is 24.2 Å². The van der Waals surface area contributed by atoms with Gasteiger partial charge in [0, 0.05) is 37.7 Å². The van der Waals surface area contributed by atoms with Crippen LogP contribution in [0.4, 0.5) is 5.69 Å². The third-order valence-corrected chi connectivity index (χ3v) is 7.03. The minimum absolute atomic E-state index is 0.0853. The normalized spacial score (nSPS) is 18.6. The third-order valence-electron chi connectivity index (χ3n) is 7.03. The van der Waals surface area contributed by atoms with Crippen molar-refractivity contribution < 1.29 is 4.84 Å². The second-order valence-corrected chi connectivity index (χ2v) is 10.7. The zero-order valence-corrected chi connectivity index (χ0v) is 22.1. The van der Waals surface area contributed by atoms with Gasteiger partial charge >= 0.3 is 0 Å². The maximum Gasteiger partial charge on any atom is 0.252 e. The van der Waals surface area contributed by atoms with Gasteiger partial charge in [-0.3, -0.25) is 4.79 Å². The molecule has 3 aromatic rings. The molecule has 0 unspecified atom stereocenters. The summed E-state index contributed by atoms with van der Waals surface area (Å²) in [6, 6.07) is 15.8. The molecule has 1 fully saturated rings. The standard InChI is InChI=1S/C29H35N5O2/c1-19-9-7-8-10-23(19)27(32-36-29(2,3)4)20-11-14-22(15-12-20)33(5)25-17-26(35)34(6)24-16-13-21(18-30)31-28(24)25/h7-10,13,16-17,20,22H,11-12,14-15H2,1-6H3/b32-27-/t20-,22-. The molecule has 188 valence electrons. The molecule has 0 amide bonds. The first-order valence-electron chi connectivity index (χ1n) is 12.5. The molecule has 0 saturated heterocycles. The van der Waals surface area contributed by atoms with Crippen molar-refractivity contribution in [3.63, 3.8) is 0 Å². The molecule has 1 aliphatic rings. The van der Waals surface area contributed by atoms with Gasteiger partial charge in [-0.05, 0) is 71.1 Å². The van der Waals surface area contributed by atoms with Crippen LogP contribution in [-0.4, -0.2) is 34.0 Å². The highest BCUT2D eigenvalue weighted by Crippen LogP contribution is 2.34. The van der Waals surface area contributed by atoms with Crippen molar-refractivity contribution in [3.8, 4) is 6.07 Å². The molecule has 2 aromatic heterocycles. The van der Waals surface area contributed by atoms with Crippen molar-refractivity contribution in [2.45, 2.75) is 65.0 Å². The van der Waals surface area contributed by atoms with Crippen LogP contribution >= 0.6 is 0 Å². The maximum atomic E-state index is 12.7. The Balaban J connectivity index is 1.60. The van der Waals surface area contributed by atoms with Crippen LogP contribution in [0.15, 0.2) is 52.4 Å². The Hall–Kier alpha value is -3.66. The Bertz CT molecular complexity index is 1390. The van der Waals surface area contributed by atoms with Gasteiger partial charge in [-0.1, -0.05) is 29.4 Å². The van der Waals surface area contributed by atoms with Crippen LogP contribution in [0.3, 0.4) is 0 Å². The van der Waals surface area contributed by atoms with Gasteiger partial charge < -0.3 is 14.3 Å². The zero-order valence-electron chi connectivity index (χ0n) is 22.1. The number of oxime groups is 1. The van der Waals surface area contributed by atoms with Gasteiger partial charge in [0.15, 0.2) is 0 Å². The molecule has 0 N–H and O–H groups in total. The fourth-order valence-electron chi connectivity index (χ4n) is 4.97. The second kappa shape index (κ2) is 10.1. The van der Waals surface area contributed by atoms with Gasteiger partial charge in [0.2, 0.25) is 0 Å². The fraction of sp³-hybridized carbons (Fsp3) is 0.448. The summed E-state index contributed by atoms with van der Waals surface area (Å²) in [4.78, 5) is 25.3. The van der Waals surface area contributed by atoms with Crippen molar-refractivity contribution in [2.75, 3.05) is 11.9 Å². The number of benzene rings is 1. The highest BCUT2D eigenvalue weighted by molar-refractivity contribution is 6.03. The fourth-order valence-corrected chi connectivity index (χ4v) is 4.97. The van der Waals surface area contributed by atoms with Crippen molar-refractivity contribution in [3.05, 3.63) is 69.6 Å². The first-order valence-corrected chi connectivity index (χ1v) is 12.5. The Labute approximate surface area is 213 Å². The van der Waals surface area contributed by atoms with Crippen molar-refractivity contribution in [2.24, 2.45) is 18.1 Å². The molecule has 7 nitrogen and oxygen atoms in total. The Morgan fingerprint density at radius 1 is 1.17 bits per heavy atom. The molecule has 1 saturated carbocycles. The average molecular weight is 486 g/mol. The van der Waals surface area contributed by atoms with E-state index in [0.717, 1.165) is 48.2 Å². The number of hydrogen-bond acceptors (Lipinski definition) is 6. The molecule has 0 aliphatic heterocycles. The first kappa shape index (κ1) is 25.4. The van der Waals surface area contributed by atoms with Crippen LogP contribution in [0.2, 0.25) is 0 Å². The summed E-state index contributed by atoms with van der Waals surface area (Å²) in [7, 11) is 3.76. The number of aromatic nitrogens is 2. The van der Waals surface area contributed by atoms with E-state index in [1.807, 2.05) is 33.9 Å². The Kier molecular flexibility index (Phi) is 7.16. The van der Waals surface area contributed by atoms with E-state index < -0.39 is 0 Å². The maximum absolute atomic E-state index is 12.7. The lowest BCUT2D eigenvalue weighted by Gasteiger charge is -2.37. The van der Waals surface area contributed by atoms with Gasteiger partial charge in [0.25, 0.3) is 5.56 Å². The molecule has 0 atom stereocenters. The summed E-state index contributed by atoms with van der Waals surface area (Å²) in [5.74, 6) is 0.293. The summed E-state index contributed by atoms with van der Waals surface area (Å²) in [5, 5.41) is 14.0. The van der Waals surface area contributed by atoms with Crippen molar-refractivity contribution in [1.82, 2.24) is 9.55 Å². The smallest absolute Gasteiger partial charge is 0.252 e. The van der Waals surface area contributed by atoms with Gasteiger partial charge in [0.1, 0.15) is 22.9 Å². The molecular weight excluding hydrogens is 450 g/mol. The second-order valence-electron chi connectivity index (χ2n) is 10.7. The van der Waals surface area contributed by atoms with E-state index in [-0.39, 0.29) is 17.2 Å². The Morgan fingerprint density at radius 3 is 2.50 bits per heavy atom. The lowest BCUT2D eigenvalue weighted by atomic mass is 9.80. The monoisotopic (exact) mass is 485 g/mol. The van der Waals surface area contributed by atoms with E-state index >= 15 is 0 Å². The van der Waals surface area contributed by atoms with Crippen LogP contribution < -0.4 is 10.5 Å². The summed E-state index contributed by atoms with van der Waals surface area (Å²) in [6.07, 6.45) is 3.84. The summed E-state index contributed by atoms with van der Waals surface area (Å²) in [6.45, 7) is 8.15. The van der Waals surface area contributed by atoms with Crippen LogP contribution in [0.25, 0.3) is 11.0 Å². The van der Waals surface area contributed by atoms with E-state index in [2.05, 4.69) is 46.2 Å². The minimum Gasteiger partial charge on any atom is -0.390 e. The molecular formula is C29H35N5O2. The minimum atomic E-state index is -0.360. The molecule has 2 heterocycles. The van der Waals surface area contributed by atoms with E-state index in [0.29, 0.717) is 17.1 Å². The number of hydrogen-bond donors (Lipinski definition) is 0. The zero-order chi connectivity index (χ0) is 26.0. The number of pyridine rings is 2. The third kappa shape index (κ3) is 5.28. The summed E-state index contributed by atoms with van der Waals surface area (Å²) < 4.78 is 1.58. The highest BCUT2D eigenvalue weighted by atomic mass is 16.6.